The molecular formula is C12H21NO3. The van der Waals surface area contributed by atoms with Crippen molar-refractivity contribution in [3.05, 3.63) is 0 Å². The van der Waals surface area contributed by atoms with Crippen LogP contribution in [0.1, 0.15) is 46.0 Å². The molecule has 1 aliphatic rings. The first-order valence-corrected chi connectivity index (χ1v) is 5.97. The molecule has 16 heavy (non-hydrogen) atoms. The van der Waals surface area contributed by atoms with Gasteiger partial charge in [0.25, 0.3) is 0 Å². The van der Waals surface area contributed by atoms with Crippen LogP contribution in [0, 0.1) is 11.8 Å². The maximum absolute atomic E-state index is 10.3. The van der Waals surface area contributed by atoms with E-state index in [0.29, 0.717) is 11.8 Å². The van der Waals surface area contributed by atoms with Gasteiger partial charge in [0.1, 0.15) is 0 Å². The summed E-state index contributed by atoms with van der Waals surface area (Å²) in [6, 6.07) is 0. The number of rotatable bonds is 5. The van der Waals surface area contributed by atoms with Crippen LogP contribution in [0.25, 0.3) is 0 Å². The maximum Gasteiger partial charge on any atom is 0.344 e. The second-order valence-electron chi connectivity index (χ2n) is 4.92. The minimum absolute atomic E-state index is 0.335. The molecule has 1 saturated carbocycles. The smallest absolute Gasteiger partial charge is 0.344 e. The summed E-state index contributed by atoms with van der Waals surface area (Å²) in [4.78, 5) is 15.0. The topological polar surface area (TPSA) is 58.9 Å². The van der Waals surface area contributed by atoms with Crippen LogP contribution in [0.15, 0.2) is 5.16 Å². The highest BCUT2D eigenvalue weighted by atomic mass is 16.6. The van der Waals surface area contributed by atoms with Crippen LogP contribution in [0.5, 0.6) is 0 Å². The van der Waals surface area contributed by atoms with Crippen molar-refractivity contribution < 1.29 is 14.7 Å². The second-order valence-corrected chi connectivity index (χ2v) is 4.92. The van der Waals surface area contributed by atoms with Crippen LogP contribution < -0.4 is 0 Å². The van der Waals surface area contributed by atoms with Crippen molar-refractivity contribution >= 4 is 11.7 Å². The number of hydrogen-bond acceptors (Lipinski definition) is 3. The molecule has 1 aliphatic carbocycles. The Morgan fingerprint density at radius 1 is 1.62 bits per heavy atom. The Hall–Kier alpha value is -1.06. The molecule has 0 aliphatic heterocycles. The summed E-state index contributed by atoms with van der Waals surface area (Å²) in [5, 5.41) is 12.3. The van der Waals surface area contributed by atoms with Crippen LogP contribution >= 0.6 is 0 Å². The highest BCUT2D eigenvalue weighted by molar-refractivity contribution is 5.84. The highest BCUT2D eigenvalue weighted by Gasteiger charge is 2.19. The third kappa shape index (κ3) is 5.14. The number of aliphatic carboxylic acids is 1. The van der Waals surface area contributed by atoms with Crippen LogP contribution in [-0.2, 0) is 9.63 Å². The molecule has 0 bridgehead atoms. The lowest BCUT2D eigenvalue weighted by Crippen LogP contribution is -2.17. The highest BCUT2D eigenvalue weighted by Crippen LogP contribution is 2.27. The van der Waals surface area contributed by atoms with Crippen molar-refractivity contribution in [3.8, 4) is 0 Å². The number of nitrogens with zero attached hydrogens (tertiary/aromatic N) is 1. The summed E-state index contributed by atoms with van der Waals surface area (Å²) in [7, 11) is 0. The largest absolute Gasteiger partial charge is 0.479 e. The molecule has 0 aromatic carbocycles. The monoisotopic (exact) mass is 227 g/mol. The zero-order valence-corrected chi connectivity index (χ0v) is 10.1. The fraction of sp³-hybridized carbons (Fsp3) is 0.833. The summed E-state index contributed by atoms with van der Waals surface area (Å²) in [5.41, 5.74) is 1.03. The molecule has 4 nitrogen and oxygen atoms in total. The molecule has 4 heteroatoms. The Morgan fingerprint density at radius 3 is 3.00 bits per heavy atom. The quantitative estimate of drug-likeness (QED) is 0.734. The molecule has 1 fully saturated rings. The zero-order chi connectivity index (χ0) is 12.0. The Balaban J connectivity index is 2.34. The lowest BCUT2D eigenvalue weighted by Gasteiger charge is -2.24. The van der Waals surface area contributed by atoms with E-state index in [9.17, 15) is 4.79 Å². The van der Waals surface area contributed by atoms with E-state index in [4.69, 9.17) is 9.94 Å². The van der Waals surface area contributed by atoms with Gasteiger partial charge in [-0.15, -0.1) is 0 Å². The maximum atomic E-state index is 10.3. The van der Waals surface area contributed by atoms with Crippen molar-refractivity contribution in [2.24, 2.45) is 17.0 Å². The van der Waals surface area contributed by atoms with Crippen LogP contribution in [0.2, 0.25) is 0 Å². The molecule has 1 atom stereocenters. The Kier molecular flexibility index (Phi) is 5.29. The molecule has 1 unspecified atom stereocenters. The standard InChI is InChI=1S/C12H21NO3/c1-9(2)6-10-4-3-5-11(7-10)13-16-8-12(14)15/h9-10H,3-8H2,1-2H3,(H,14,15). The van der Waals surface area contributed by atoms with Crippen LogP contribution in [-0.4, -0.2) is 23.4 Å². The SMILES string of the molecule is CC(C)CC1CCCC(=NOCC(=O)O)C1. The summed E-state index contributed by atoms with van der Waals surface area (Å²) < 4.78 is 0. The zero-order valence-electron chi connectivity index (χ0n) is 10.1. The van der Waals surface area contributed by atoms with Gasteiger partial charge in [0.15, 0.2) is 0 Å². The van der Waals surface area contributed by atoms with E-state index < -0.39 is 5.97 Å². The van der Waals surface area contributed by atoms with Gasteiger partial charge in [-0.05, 0) is 43.9 Å². The summed E-state index contributed by atoms with van der Waals surface area (Å²) in [6.45, 7) is 4.12. The summed E-state index contributed by atoms with van der Waals surface area (Å²) in [6.07, 6.45) is 5.55. The number of carboxylic acids is 1. The van der Waals surface area contributed by atoms with Gasteiger partial charge in [0.05, 0.1) is 5.71 Å². The first-order chi connectivity index (χ1) is 7.58. The van der Waals surface area contributed by atoms with Crippen LogP contribution in [0.3, 0.4) is 0 Å². The number of carbonyl (C=O) groups is 1. The van der Waals surface area contributed by atoms with Gasteiger partial charge < -0.3 is 9.94 Å². The third-order valence-corrected chi connectivity index (χ3v) is 2.79. The molecule has 0 spiro atoms. The van der Waals surface area contributed by atoms with Crippen molar-refractivity contribution in [2.45, 2.75) is 46.0 Å². The molecule has 0 radical (unpaired) electrons. The predicted molar refractivity (Wildman–Crippen MR) is 62.4 cm³/mol. The second kappa shape index (κ2) is 6.51. The first kappa shape index (κ1) is 13.0. The van der Waals surface area contributed by atoms with E-state index in [1.54, 1.807) is 0 Å². The summed E-state index contributed by atoms with van der Waals surface area (Å²) in [5.74, 6) is 0.434. The fourth-order valence-corrected chi connectivity index (χ4v) is 2.26. The average molecular weight is 227 g/mol. The predicted octanol–water partition coefficient (Wildman–Crippen LogP) is 2.68. The third-order valence-electron chi connectivity index (χ3n) is 2.79. The Morgan fingerprint density at radius 2 is 2.38 bits per heavy atom. The Labute approximate surface area is 96.7 Å². The fourth-order valence-electron chi connectivity index (χ4n) is 2.26. The summed E-state index contributed by atoms with van der Waals surface area (Å²) >= 11 is 0. The number of oxime groups is 1. The van der Waals surface area contributed by atoms with Gasteiger partial charge in [-0.3, -0.25) is 0 Å². The molecule has 92 valence electrons. The number of carboxylic acid groups (broad SMARTS) is 1. The molecule has 1 rings (SSSR count). The number of hydrogen-bond donors (Lipinski definition) is 1. The Bertz CT molecular complexity index is 261. The molecule has 0 aromatic rings. The van der Waals surface area contributed by atoms with E-state index in [2.05, 4.69) is 19.0 Å². The molecular weight excluding hydrogens is 206 g/mol. The molecule has 0 saturated heterocycles. The van der Waals surface area contributed by atoms with Gasteiger partial charge in [0.2, 0.25) is 6.61 Å². The minimum Gasteiger partial charge on any atom is -0.479 e. The average Bonchev–Trinajstić information content (AvgIpc) is 2.16. The van der Waals surface area contributed by atoms with E-state index in [1.807, 2.05) is 0 Å². The van der Waals surface area contributed by atoms with E-state index in [0.717, 1.165) is 25.0 Å². The molecule has 0 amide bonds. The minimum atomic E-state index is -0.973. The van der Waals surface area contributed by atoms with Crippen molar-refractivity contribution in [3.63, 3.8) is 0 Å². The van der Waals surface area contributed by atoms with Gasteiger partial charge in [0, 0.05) is 0 Å². The van der Waals surface area contributed by atoms with Gasteiger partial charge >= 0.3 is 5.97 Å². The molecule has 1 N–H and O–H groups in total. The lowest BCUT2D eigenvalue weighted by atomic mass is 9.83. The van der Waals surface area contributed by atoms with E-state index >= 15 is 0 Å². The van der Waals surface area contributed by atoms with Gasteiger partial charge in [-0.25, -0.2) is 4.79 Å². The van der Waals surface area contributed by atoms with Crippen molar-refractivity contribution in [1.82, 2.24) is 0 Å². The van der Waals surface area contributed by atoms with E-state index in [-0.39, 0.29) is 6.61 Å². The van der Waals surface area contributed by atoms with Gasteiger partial charge in [-0.2, -0.15) is 0 Å². The van der Waals surface area contributed by atoms with Gasteiger partial charge in [-0.1, -0.05) is 19.0 Å². The van der Waals surface area contributed by atoms with Crippen LogP contribution in [0.4, 0.5) is 0 Å². The van der Waals surface area contributed by atoms with Crippen molar-refractivity contribution in [2.75, 3.05) is 6.61 Å². The lowest BCUT2D eigenvalue weighted by molar-refractivity contribution is -0.142. The van der Waals surface area contributed by atoms with E-state index in [1.165, 1.54) is 12.8 Å². The molecule has 0 heterocycles. The normalized spacial score (nSPS) is 23.7. The first-order valence-electron chi connectivity index (χ1n) is 5.97. The van der Waals surface area contributed by atoms with Crippen molar-refractivity contribution in [1.29, 1.82) is 0 Å². The molecule has 0 aromatic heterocycles.